The van der Waals surface area contributed by atoms with Crippen LogP contribution in [0.4, 0.5) is 0 Å². The van der Waals surface area contributed by atoms with E-state index in [1.165, 1.54) is 0 Å². The van der Waals surface area contributed by atoms with Crippen molar-refractivity contribution in [2.24, 2.45) is 0 Å². The van der Waals surface area contributed by atoms with E-state index in [1.54, 1.807) is 6.26 Å². The van der Waals surface area contributed by atoms with E-state index in [-0.39, 0.29) is 18.1 Å². The number of carbonyl (C=O) groups is 1. The van der Waals surface area contributed by atoms with Crippen LogP contribution in [-0.2, 0) is 16.1 Å². The van der Waals surface area contributed by atoms with Crippen LogP contribution < -0.4 is 0 Å². The third-order valence-electron chi connectivity index (χ3n) is 3.02. The standard InChI is InChI=1S/C13H19NO3/c1-10(2)14(9-11-5-3-7-16-11)13(15)12-6-4-8-17-12/h3,5,7,10,12H,4,6,8-9H2,1-2H3/t12-/m1/s1. The highest BCUT2D eigenvalue weighted by Crippen LogP contribution is 2.18. The maximum Gasteiger partial charge on any atom is 0.252 e. The summed E-state index contributed by atoms with van der Waals surface area (Å²) >= 11 is 0. The van der Waals surface area contributed by atoms with Crippen LogP contribution in [0.3, 0.4) is 0 Å². The summed E-state index contributed by atoms with van der Waals surface area (Å²) in [5.74, 6) is 0.888. The summed E-state index contributed by atoms with van der Waals surface area (Å²) in [6.07, 6.45) is 3.18. The normalized spacial score (nSPS) is 19.8. The lowest BCUT2D eigenvalue weighted by Crippen LogP contribution is -2.42. The SMILES string of the molecule is CC(C)N(Cc1ccco1)C(=O)[C@H]1CCCO1. The Bertz CT molecular complexity index is 353. The second kappa shape index (κ2) is 5.36. The Morgan fingerprint density at radius 1 is 1.59 bits per heavy atom. The monoisotopic (exact) mass is 237 g/mol. The summed E-state index contributed by atoms with van der Waals surface area (Å²) < 4.78 is 10.7. The van der Waals surface area contributed by atoms with Crippen molar-refractivity contribution < 1.29 is 13.9 Å². The molecule has 2 rings (SSSR count). The van der Waals surface area contributed by atoms with Crippen molar-refractivity contribution >= 4 is 5.91 Å². The average Bonchev–Trinajstić information content (AvgIpc) is 2.97. The minimum Gasteiger partial charge on any atom is -0.467 e. The Labute approximate surface area is 102 Å². The first-order valence-electron chi connectivity index (χ1n) is 6.13. The van der Waals surface area contributed by atoms with Gasteiger partial charge < -0.3 is 14.1 Å². The largest absolute Gasteiger partial charge is 0.467 e. The van der Waals surface area contributed by atoms with Crippen LogP contribution in [0, 0.1) is 0 Å². The summed E-state index contributed by atoms with van der Waals surface area (Å²) in [6.45, 7) is 5.23. The molecular formula is C13H19NO3. The number of carbonyl (C=O) groups excluding carboxylic acids is 1. The molecule has 1 aliphatic heterocycles. The number of furan rings is 1. The third kappa shape index (κ3) is 2.88. The second-order valence-corrected chi connectivity index (χ2v) is 4.64. The van der Waals surface area contributed by atoms with Gasteiger partial charge in [-0.2, -0.15) is 0 Å². The number of rotatable bonds is 4. The molecule has 4 nitrogen and oxygen atoms in total. The molecule has 0 N–H and O–H groups in total. The molecule has 1 fully saturated rings. The first-order chi connectivity index (χ1) is 8.18. The van der Waals surface area contributed by atoms with Gasteiger partial charge in [0.05, 0.1) is 12.8 Å². The molecule has 1 amide bonds. The Hall–Kier alpha value is -1.29. The van der Waals surface area contributed by atoms with Gasteiger partial charge in [-0.15, -0.1) is 0 Å². The maximum atomic E-state index is 12.3. The van der Waals surface area contributed by atoms with E-state index in [0.717, 1.165) is 18.6 Å². The molecule has 4 heteroatoms. The molecular weight excluding hydrogens is 218 g/mol. The number of amides is 1. The van der Waals surface area contributed by atoms with Crippen LogP contribution in [0.1, 0.15) is 32.4 Å². The van der Waals surface area contributed by atoms with Crippen LogP contribution in [-0.4, -0.2) is 29.6 Å². The zero-order valence-electron chi connectivity index (χ0n) is 10.4. The molecule has 0 spiro atoms. The fourth-order valence-electron chi connectivity index (χ4n) is 2.04. The zero-order chi connectivity index (χ0) is 12.3. The summed E-state index contributed by atoms with van der Waals surface area (Å²) in [6, 6.07) is 3.87. The molecule has 94 valence electrons. The average molecular weight is 237 g/mol. The van der Waals surface area contributed by atoms with Gasteiger partial charge in [-0.25, -0.2) is 0 Å². The molecule has 0 aliphatic carbocycles. The minimum atomic E-state index is -0.257. The molecule has 17 heavy (non-hydrogen) atoms. The smallest absolute Gasteiger partial charge is 0.252 e. The number of hydrogen-bond donors (Lipinski definition) is 0. The van der Waals surface area contributed by atoms with Crippen LogP contribution in [0.2, 0.25) is 0 Å². The lowest BCUT2D eigenvalue weighted by molar-refractivity contribution is -0.143. The van der Waals surface area contributed by atoms with Crippen LogP contribution in [0.15, 0.2) is 22.8 Å². The van der Waals surface area contributed by atoms with E-state index in [2.05, 4.69) is 0 Å². The van der Waals surface area contributed by atoms with Crippen LogP contribution >= 0.6 is 0 Å². The number of ether oxygens (including phenoxy) is 1. The van der Waals surface area contributed by atoms with Crippen LogP contribution in [0.25, 0.3) is 0 Å². The fourth-order valence-corrected chi connectivity index (χ4v) is 2.04. The van der Waals surface area contributed by atoms with Crippen molar-refractivity contribution in [3.8, 4) is 0 Å². The number of nitrogens with zero attached hydrogens (tertiary/aromatic N) is 1. The van der Waals surface area contributed by atoms with E-state index in [4.69, 9.17) is 9.15 Å². The van der Waals surface area contributed by atoms with Crippen molar-refractivity contribution in [3.05, 3.63) is 24.2 Å². The summed E-state index contributed by atoms with van der Waals surface area (Å²) in [4.78, 5) is 14.1. The van der Waals surface area contributed by atoms with E-state index in [9.17, 15) is 4.79 Å². The molecule has 1 saturated heterocycles. The molecule has 2 heterocycles. The van der Waals surface area contributed by atoms with Crippen molar-refractivity contribution in [1.29, 1.82) is 0 Å². The lowest BCUT2D eigenvalue weighted by Gasteiger charge is -2.28. The quantitative estimate of drug-likeness (QED) is 0.806. The third-order valence-corrected chi connectivity index (χ3v) is 3.02. The zero-order valence-corrected chi connectivity index (χ0v) is 10.4. The molecule has 1 atom stereocenters. The summed E-state index contributed by atoms with van der Waals surface area (Å²) in [5, 5.41) is 0. The minimum absolute atomic E-state index is 0.0777. The van der Waals surface area contributed by atoms with Gasteiger partial charge in [-0.3, -0.25) is 4.79 Å². The predicted octanol–water partition coefficient (Wildman–Crippen LogP) is 2.20. The number of hydrogen-bond acceptors (Lipinski definition) is 3. The van der Waals surface area contributed by atoms with E-state index >= 15 is 0 Å². The van der Waals surface area contributed by atoms with Gasteiger partial charge in [-0.1, -0.05) is 0 Å². The lowest BCUT2D eigenvalue weighted by atomic mass is 10.2. The molecule has 0 unspecified atom stereocenters. The highest BCUT2D eigenvalue weighted by Gasteiger charge is 2.29. The Kier molecular flexibility index (Phi) is 3.84. The maximum absolute atomic E-state index is 12.3. The van der Waals surface area contributed by atoms with E-state index in [0.29, 0.717) is 13.2 Å². The highest BCUT2D eigenvalue weighted by molar-refractivity contribution is 5.81. The van der Waals surface area contributed by atoms with Gasteiger partial charge in [-0.05, 0) is 38.8 Å². The molecule has 0 radical (unpaired) electrons. The first kappa shape index (κ1) is 12.2. The van der Waals surface area contributed by atoms with Crippen molar-refractivity contribution in [2.45, 2.75) is 45.4 Å². The highest BCUT2D eigenvalue weighted by atomic mass is 16.5. The topological polar surface area (TPSA) is 42.7 Å². The van der Waals surface area contributed by atoms with E-state index in [1.807, 2.05) is 30.9 Å². The van der Waals surface area contributed by atoms with Crippen LogP contribution in [0.5, 0.6) is 0 Å². The van der Waals surface area contributed by atoms with E-state index < -0.39 is 0 Å². The summed E-state index contributed by atoms with van der Waals surface area (Å²) in [5.41, 5.74) is 0. The Balaban J connectivity index is 2.03. The Morgan fingerprint density at radius 3 is 2.94 bits per heavy atom. The van der Waals surface area contributed by atoms with Gasteiger partial charge in [0.15, 0.2) is 0 Å². The summed E-state index contributed by atoms with van der Waals surface area (Å²) in [7, 11) is 0. The molecule has 1 aromatic rings. The van der Waals surface area contributed by atoms with Gasteiger partial charge >= 0.3 is 0 Å². The van der Waals surface area contributed by atoms with Crippen molar-refractivity contribution in [2.75, 3.05) is 6.61 Å². The second-order valence-electron chi connectivity index (χ2n) is 4.64. The van der Waals surface area contributed by atoms with Gasteiger partial charge in [0.1, 0.15) is 11.9 Å². The van der Waals surface area contributed by atoms with Gasteiger partial charge in [0.25, 0.3) is 5.91 Å². The van der Waals surface area contributed by atoms with Crippen molar-refractivity contribution in [3.63, 3.8) is 0 Å². The fraction of sp³-hybridized carbons (Fsp3) is 0.615. The van der Waals surface area contributed by atoms with Gasteiger partial charge in [0.2, 0.25) is 0 Å². The molecule has 1 aliphatic rings. The molecule has 0 bridgehead atoms. The molecule has 0 aromatic carbocycles. The molecule has 1 aromatic heterocycles. The first-order valence-corrected chi connectivity index (χ1v) is 6.13. The predicted molar refractivity (Wildman–Crippen MR) is 63.4 cm³/mol. The molecule has 0 saturated carbocycles. The Morgan fingerprint density at radius 2 is 2.41 bits per heavy atom. The van der Waals surface area contributed by atoms with Crippen molar-refractivity contribution in [1.82, 2.24) is 4.90 Å². The van der Waals surface area contributed by atoms with Gasteiger partial charge in [0, 0.05) is 12.6 Å².